The SMILES string of the molecule is CCCCC/C=C\C[C@H]1O[C@@H]1CCCCCCCC. The fourth-order valence-electron chi connectivity index (χ4n) is 2.63. The highest BCUT2D eigenvalue weighted by molar-refractivity contribution is 4.93. The monoisotopic (exact) mass is 266 g/mol. The van der Waals surface area contributed by atoms with Crippen LogP contribution in [0.5, 0.6) is 0 Å². The van der Waals surface area contributed by atoms with Gasteiger partial charge in [-0.1, -0.05) is 77.4 Å². The van der Waals surface area contributed by atoms with Gasteiger partial charge >= 0.3 is 0 Å². The Morgan fingerprint density at radius 1 is 0.737 bits per heavy atom. The van der Waals surface area contributed by atoms with Crippen LogP contribution in [0.25, 0.3) is 0 Å². The summed E-state index contributed by atoms with van der Waals surface area (Å²) in [5.41, 5.74) is 0. The van der Waals surface area contributed by atoms with Crippen molar-refractivity contribution < 1.29 is 4.74 Å². The van der Waals surface area contributed by atoms with E-state index in [1.165, 1.54) is 70.6 Å². The van der Waals surface area contributed by atoms with E-state index in [1.807, 2.05) is 0 Å². The van der Waals surface area contributed by atoms with E-state index >= 15 is 0 Å². The largest absolute Gasteiger partial charge is 0.369 e. The Labute approximate surface area is 120 Å². The molecule has 1 saturated heterocycles. The number of ether oxygens (including phenoxy) is 1. The van der Waals surface area contributed by atoms with Crippen molar-refractivity contribution in [3.8, 4) is 0 Å². The maximum atomic E-state index is 5.72. The van der Waals surface area contributed by atoms with E-state index in [0.29, 0.717) is 12.2 Å². The minimum atomic E-state index is 0.554. The van der Waals surface area contributed by atoms with Gasteiger partial charge in [-0.15, -0.1) is 0 Å². The van der Waals surface area contributed by atoms with Gasteiger partial charge in [0.05, 0.1) is 12.2 Å². The maximum absolute atomic E-state index is 5.72. The second-order valence-corrected chi connectivity index (χ2v) is 5.97. The molecule has 0 radical (unpaired) electrons. The van der Waals surface area contributed by atoms with Crippen LogP contribution in [0.1, 0.15) is 90.9 Å². The predicted molar refractivity (Wildman–Crippen MR) is 84.6 cm³/mol. The molecule has 0 aromatic carbocycles. The molecule has 0 spiro atoms. The van der Waals surface area contributed by atoms with Gasteiger partial charge in [-0.05, 0) is 25.7 Å². The summed E-state index contributed by atoms with van der Waals surface area (Å²) in [4.78, 5) is 0. The van der Waals surface area contributed by atoms with Crippen molar-refractivity contribution >= 4 is 0 Å². The van der Waals surface area contributed by atoms with Crippen LogP contribution in [0.3, 0.4) is 0 Å². The highest BCUT2D eigenvalue weighted by atomic mass is 16.6. The van der Waals surface area contributed by atoms with Crippen LogP contribution in [0.15, 0.2) is 12.2 Å². The lowest BCUT2D eigenvalue weighted by molar-refractivity contribution is 0.358. The van der Waals surface area contributed by atoms with Crippen molar-refractivity contribution in [1.82, 2.24) is 0 Å². The Bertz CT molecular complexity index is 222. The van der Waals surface area contributed by atoms with Crippen molar-refractivity contribution in [3.63, 3.8) is 0 Å². The number of rotatable bonds is 13. The Balaban J connectivity index is 1.83. The van der Waals surface area contributed by atoms with Crippen LogP contribution >= 0.6 is 0 Å². The first-order valence-corrected chi connectivity index (χ1v) is 8.69. The zero-order chi connectivity index (χ0) is 13.8. The summed E-state index contributed by atoms with van der Waals surface area (Å²) in [6.45, 7) is 4.53. The van der Waals surface area contributed by atoms with Crippen molar-refractivity contribution in [3.05, 3.63) is 12.2 Å². The summed E-state index contributed by atoms with van der Waals surface area (Å²) >= 11 is 0. The first-order valence-electron chi connectivity index (χ1n) is 8.69. The van der Waals surface area contributed by atoms with Crippen LogP contribution in [0.4, 0.5) is 0 Å². The Hall–Kier alpha value is -0.300. The Morgan fingerprint density at radius 3 is 2.21 bits per heavy atom. The van der Waals surface area contributed by atoms with Crippen molar-refractivity contribution in [2.45, 2.75) is 103 Å². The molecule has 0 bridgehead atoms. The van der Waals surface area contributed by atoms with Crippen molar-refractivity contribution in [2.75, 3.05) is 0 Å². The molecule has 0 N–H and O–H groups in total. The molecule has 1 heteroatoms. The first kappa shape index (κ1) is 16.8. The van der Waals surface area contributed by atoms with E-state index in [2.05, 4.69) is 26.0 Å². The number of hydrogen-bond donors (Lipinski definition) is 0. The van der Waals surface area contributed by atoms with Gasteiger partial charge in [-0.2, -0.15) is 0 Å². The summed E-state index contributed by atoms with van der Waals surface area (Å²) in [6.07, 6.45) is 21.9. The van der Waals surface area contributed by atoms with Crippen LogP contribution in [-0.2, 0) is 4.74 Å². The third-order valence-electron chi connectivity index (χ3n) is 4.04. The molecule has 19 heavy (non-hydrogen) atoms. The van der Waals surface area contributed by atoms with Crippen LogP contribution in [0.2, 0.25) is 0 Å². The third-order valence-corrected chi connectivity index (χ3v) is 4.04. The first-order chi connectivity index (χ1) is 9.38. The number of allylic oxidation sites excluding steroid dienone is 1. The predicted octanol–water partition coefficient (Wildman–Crippen LogP) is 6.03. The van der Waals surface area contributed by atoms with E-state index in [0.717, 1.165) is 6.42 Å². The Kier molecular flexibility index (Phi) is 10.2. The molecule has 1 aliphatic rings. The standard InChI is InChI=1S/C18H34O/c1-3-5-7-9-11-13-15-17-18(19-17)16-14-12-10-8-6-4-2/h11,13,17-18H,3-10,12,14-16H2,1-2H3/b13-11-/t17-,18-/m1/s1. The van der Waals surface area contributed by atoms with E-state index < -0.39 is 0 Å². The van der Waals surface area contributed by atoms with Gasteiger partial charge in [0.2, 0.25) is 0 Å². The zero-order valence-electron chi connectivity index (χ0n) is 13.2. The minimum absolute atomic E-state index is 0.554. The lowest BCUT2D eigenvalue weighted by atomic mass is 10.1. The second kappa shape index (κ2) is 11.5. The highest BCUT2D eigenvalue weighted by Gasteiger charge is 2.36. The second-order valence-electron chi connectivity index (χ2n) is 5.97. The third kappa shape index (κ3) is 9.27. The number of hydrogen-bond acceptors (Lipinski definition) is 1. The lowest BCUT2D eigenvalue weighted by Gasteiger charge is -1.98. The fourth-order valence-corrected chi connectivity index (χ4v) is 2.63. The summed E-state index contributed by atoms with van der Waals surface area (Å²) in [7, 11) is 0. The van der Waals surface area contributed by atoms with Gasteiger partial charge in [-0.3, -0.25) is 0 Å². The van der Waals surface area contributed by atoms with Crippen LogP contribution in [0, 0.1) is 0 Å². The fraction of sp³-hybridized carbons (Fsp3) is 0.889. The molecule has 0 aliphatic carbocycles. The molecule has 1 rings (SSSR count). The molecule has 0 amide bonds. The zero-order valence-corrected chi connectivity index (χ0v) is 13.2. The molecule has 112 valence electrons. The minimum Gasteiger partial charge on any atom is -0.369 e. The number of unbranched alkanes of at least 4 members (excludes halogenated alkanes) is 8. The molecular formula is C18H34O. The molecule has 0 unspecified atom stereocenters. The van der Waals surface area contributed by atoms with Crippen LogP contribution < -0.4 is 0 Å². The molecule has 0 aromatic rings. The molecule has 1 aliphatic heterocycles. The van der Waals surface area contributed by atoms with E-state index in [-0.39, 0.29) is 0 Å². The molecule has 1 fully saturated rings. The van der Waals surface area contributed by atoms with Gasteiger partial charge in [0.25, 0.3) is 0 Å². The lowest BCUT2D eigenvalue weighted by Crippen LogP contribution is -1.92. The topological polar surface area (TPSA) is 12.5 Å². The summed E-state index contributed by atoms with van der Waals surface area (Å²) in [5, 5.41) is 0. The smallest absolute Gasteiger partial charge is 0.0876 e. The molecule has 0 saturated carbocycles. The maximum Gasteiger partial charge on any atom is 0.0876 e. The summed E-state index contributed by atoms with van der Waals surface area (Å²) in [5.74, 6) is 0. The molecule has 2 atom stereocenters. The highest BCUT2D eigenvalue weighted by Crippen LogP contribution is 2.30. The normalized spacial score (nSPS) is 22.2. The van der Waals surface area contributed by atoms with Gasteiger partial charge in [0, 0.05) is 0 Å². The van der Waals surface area contributed by atoms with E-state index in [1.54, 1.807) is 0 Å². The number of epoxide rings is 1. The Morgan fingerprint density at radius 2 is 1.42 bits per heavy atom. The van der Waals surface area contributed by atoms with Gasteiger partial charge in [0.1, 0.15) is 0 Å². The molecule has 1 nitrogen and oxygen atoms in total. The van der Waals surface area contributed by atoms with Crippen molar-refractivity contribution in [2.24, 2.45) is 0 Å². The molecule has 0 aromatic heterocycles. The van der Waals surface area contributed by atoms with Gasteiger partial charge < -0.3 is 4.74 Å². The van der Waals surface area contributed by atoms with Gasteiger partial charge in [-0.25, -0.2) is 0 Å². The van der Waals surface area contributed by atoms with Crippen LogP contribution in [-0.4, -0.2) is 12.2 Å². The van der Waals surface area contributed by atoms with E-state index in [4.69, 9.17) is 4.74 Å². The van der Waals surface area contributed by atoms with Gasteiger partial charge in [0.15, 0.2) is 0 Å². The van der Waals surface area contributed by atoms with E-state index in [9.17, 15) is 0 Å². The quantitative estimate of drug-likeness (QED) is 0.225. The van der Waals surface area contributed by atoms with Crippen molar-refractivity contribution in [1.29, 1.82) is 0 Å². The molecular weight excluding hydrogens is 232 g/mol. The average molecular weight is 266 g/mol. The summed E-state index contributed by atoms with van der Waals surface area (Å²) in [6, 6.07) is 0. The average Bonchev–Trinajstić information content (AvgIpc) is 3.16. The molecule has 1 heterocycles. The summed E-state index contributed by atoms with van der Waals surface area (Å²) < 4.78 is 5.72.